The molecular formula is C48H54ClN7O7S. The highest BCUT2D eigenvalue weighted by Crippen LogP contribution is 2.44. The summed E-state index contributed by atoms with van der Waals surface area (Å²) in [7, 11) is -4.57. The van der Waals surface area contributed by atoms with Crippen molar-refractivity contribution in [1.82, 2.24) is 14.5 Å². The molecule has 2 saturated heterocycles. The molecule has 1 atom stereocenters. The fourth-order valence-electron chi connectivity index (χ4n) is 9.27. The number of morpholine rings is 1. The molecule has 2 N–H and O–H groups in total. The third-order valence-electron chi connectivity index (χ3n) is 13.0. The number of nitrogens with one attached hydrogen (secondary N) is 2. The van der Waals surface area contributed by atoms with E-state index in [0.717, 1.165) is 87.4 Å². The highest BCUT2D eigenvalue weighted by molar-refractivity contribution is 7.90. The molecule has 0 aromatic heterocycles. The van der Waals surface area contributed by atoms with Gasteiger partial charge in [-0.25, -0.2) is 13.1 Å². The molecule has 4 aromatic rings. The molecule has 1 unspecified atom stereocenters. The van der Waals surface area contributed by atoms with Crippen LogP contribution in [0.1, 0.15) is 67.4 Å². The third kappa shape index (κ3) is 9.98. The normalized spacial score (nSPS) is 20.2. The Balaban J connectivity index is 0.917. The van der Waals surface area contributed by atoms with Gasteiger partial charge in [0.1, 0.15) is 17.1 Å². The van der Waals surface area contributed by atoms with Gasteiger partial charge in [-0.15, -0.1) is 0 Å². The second kappa shape index (κ2) is 18.3. The average molecular weight is 909 g/mol. The van der Waals surface area contributed by atoms with Crippen LogP contribution in [-0.2, 0) is 21.2 Å². The van der Waals surface area contributed by atoms with Gasteiger partial charge in [-0.1, -0.05) is 55.3 Å². The minimum Gasteiger partial charge on any atom is -0.454 e. The first-order chi connectivity index (χ1) is 30.8. The third-order valence-corrected chi connectivity index (χ3v) is 14.6. The lowest BCUT2D eigenvalue weighted by atomic mass is 9.72. The number of piperazine rings is 1. The van der Waals surface area contributed by atoms with Crippen LogP contribution in [0.15, 0.2) is 94.3 Å². The topological polar surface area (TPSA) is 159 Å². The lowest BCUT2D eigenvalue weighted by Gasteiger charge is -2.39. The number of nitro groups is 1. The molecule has 2 aliphatic carbocycles. The standard InChI is InChI=1S/C48H54ClN7O7S/c1-48(2)18-16-34(41(28-48)32-6-8-35(49)9-7-32)30-53-20-22-54(23-21-53)37-12-14-40(45(26-37)63-44-5-3-4-33-17-19-50-46(33)44)47(57)52-64(60,61)39-13-15-42(43(27-39)56(58)59)51-29-38-31-55(24-25-62-38)36-10-11-36/h3-9,12-15,19,26-27,36,38,51H,10-11,16-18,20-25,28-31H2,1-2H3,(H,52,57). The Hall–Kier alpha value is -5.32. The number of allylic oxidation sites excluding steroid dienone is 1. The van der Waals surface area contributed by atoms with Crippen molar-refractivity contribution in [1.29, 1.82) is 0 Å². The molecule has 3 aliphatic heterocycles. The summed E-state index contributed by atoms with van der Waals surface area (Å²) in [6.45, 7) is 11.2. The van der Waals surface area contributed by atoms with Crippen molar-refractivity contribution in [2.24, 2.45) is 10.4 Å². The fraction of sp³-hybridized carbons (Fsp3) is 0.417. The number of hydrogen-bond donors (Lipinski definition) is 2. The van der Waals surface area contributed by atoms with E-state index >= 15 is 0 Å². The van der Waals surface area contributed by atoms with Crippen LogP contribution >= 0.6 is 11.6 Å². The van der Waals surface area contributed by atoms with Crippen LogP contribution in [0.2, 0.25) is 5.02 Å². The van der Waals surface area contributed by atoms with Crippen LogP contribution in [0, 0.1) is 15.5 Å². The molecule has 5 aliphatic rings. The summed E-state index contributed by atoms with van der Waals surface area (Å²) in [6.07, 6.45) is 7.82. The Bertz CT molecular complexity index is 2610. The maximum Gasteiger partial charge on any atom is 0.293 e. The Kier molecular flexibility index (Phi) is 12.5. The van der Waals surface area contributed by atoms with Crippen molar-refractivity contribution in [3.63, 3.8) is 0 Å². The van der Waals surface area contributed by atoms with Crippen LogP contribution in [0.4, 0.5) is 22.7 Å². The van der Waals surface area contributed by atoms with Gasteiger partial charge in [0.25, 0.3) is 21.6 Å². The van der Waals surface area contributed by atoms with Crippen molar-refractivity contribution >= 4 is 62.1 Å². The number of para-hydroxylation sites is 1. The van der Waals surface area contributed by atoms with Crippen LogP contribution in [-0.4, -0.2) is 106 Å². The van der Waals surface area contributed by atoms with E-state index in [0.29, 0.717) is 37.1 Å². The second-order valence-corrected chi connectivity index (χ2v) is 20.3. The minimum atomic E-state index is -4.57. The highest BCUT2D eigenvalue weighted by atomic mass is 35.5. The Morgan fingerprint density at radius 2 is 1.80 bits per heavy atom. The van der Waals surface area contributed by atoms with Crippen molar-refractivity contribution in [2.75, 3.05) is 69.2 Å². The number of fused-ring (bicyclic) bond motifs is 1. The summed E-state index contributed by atoms with van der Waals surface area (Å²) >= 11 is 6.25. The molecule has 0 bridgehead atoms. The number of rotatable bonds is 14. The molecule has 9 rings (SSSR count). The van der Waals surface area contributed by atoms with E-state index in [4.69, 9.17) is 21.1 Å². The summed E-state index contributed by atoms with van der Waals surface area (Å²) in [6, 6.07) is 23.0. The van der Waals surface area contributed by atoms with Crippen LogP contribution in [0.3, 0.4) is 0 Å². The zero-order valence-corrected chi connectivity index (χ0v) is 37.8. The molecule has 336 valence electrons. The summed E-state index contributed by atoms with van der Waals surface area (Å²) in [5.74, 6) is -0.355. The first-order valence-corrected chi connectivity index (χ1v) is 24.0. The van der Waals surface area contributed by atoms with Gasteiger partial charge in [0, 0.05) is 93.9 Å². The molecule has 3 heterocycles. The van der Waals surface area contributed by atoms with E-state index in [-0.39, 0.29) is 28.5 Å². The summed E-state index contributed by atoms with van der Waals surface area (Å²) in [5, 5.41) is 16.0. The van der Waals surface area contributed by atoms with E-state index in [2.05, 4.69) is 55.7 Å². The highest BCUT2D eigenvalue weighted by Gasteiger charge is 2.34. The minimum absolute atomic E-state index is 0.0204. The van der Waals surface area contributed by atoms with Gasteiger partial charge in [-0.3, -0.25) is 29.7 Å². The molecule has 0 spiro atoms. The van der Waals surface area contributed by atoms with Crippen LogP contribution in [0.25, 0.3) is 5.57 Å². The smallest absolute Gasteiger partial charge is 0.293 e. The molecule has 64 heavy (non-hydrogen) atoms. The molecule has 16 heteroatoms. The summed E-state index contributed by atoms with van der Waals surface area (Å²) < 4.78 is 42.1. The lowest BCUT2D eigenvalue weighted by Crippen LogP contribution is -2.47. The van der Waals surface area contributed by atoms with E-state index in [1.54, 1.807) is 30.5 Å². The molecule has 0 radical (unpaired) electrons. The van der Waals surface area contributed by atoms with Gasteiger partial charge in [0.15, 0.2) is 5.75 Å². The second-order valence-electron chi connectivity index (χ2n) is 18.2. The van der Waals surface area contributed by atoms with E-state index in [1.807, 2.05) is 24.3 Å². The van der Waals surface area contributed by atoms with Crippen molar-refractivity contribution < 1.29 is 27.6 Å². The SMILES string of the molecule is CC1(C)CCC(CN2CCN(c3ccc(C(=O)NS(=O)(=O)c4ccc(NCC5CN(C6CC6)CCO5)c([N+](=O)[O-])c4)c(Oc4cccc5c4N=CC5)c3)CC2)=C(c2ccc(Cl)cc2)C1. The number of ether oxygens (including phenoxy) is 2. The molecule has 1 amide bonds. The summed E-state index contributed by atoms with van der Waals surface area (Å²) in [5.41, 5.74) is 6.50. The maximum absolute atomic E-state index is 14.0. The monoisotopic (exact) mass is 907 g/mol. The quantitative estimate of drug-likeness (QED) is 0.0924. The summed E-state index contributed by atoms with van der Waals surface area (Å²) in [4.78, 5) is 36.8. The van der Waals surface area contributed by atoms with Gasteiger partial charge in [-0.05, 0) is 96.7 Å². The first-order valence-electron chi connectivity index (χ1n) is 22.1. The molecular weight excluding hydrogens is 854 g/mol. The van der Waals surface area contributed by atoms with E-state index in [9.17, 15) is 23.3 Å². The van der Waals surface area contributed by atoms with Crippen LogP contribution < -0.4 is 19.7 Å². The number of carbonyl (C=O) groups is 1. The predicted molar refractivity (Wildman–Crippen MR) is 250 cm³/mol. The van der Waals surface area contributed by atoms with E-state index in [1.165, 1.54) is 41.7 Å². The number of nitro benzene ring substituents is 1. The molecule has 14 nitrogen and oxygen atoms in total. The number of benzene rings is 4. The van der Waals surface area contributed by atoms with Gasteiger partial charge in [0.2, 0.25) is 0 Å². The number of aliphatic imine (C=N–C) groups is 1. The van der Waals surface area contributed by atoms with E-state index < -0.39 is 31.4 Å². The molecule has 1 saturated carbocycles. The number of amides is 1. The zero-order valence-electron chi connectivity index (χ0n) is 36.2. The van der Waals surface area contributed by atoms with Gasteiger partial charge < -0.3 is 19.7 Å². The number of carbonyl (C=O) groups excluding carboxylic acids is 1. The van der Waals surface area contributed by atoms with Gasteiger partial charge >= 0.3 is 0 Å². The average Bonchev–Trinajstić information content (AvgIpc) is 4.02. The Morgan fingerprint density at radius 3 is 2.56 bits per heavy atom. The number of sulfonamides is 1. The number of anilines is 2. The molecule has 3 fully saturated rings. The molecule has 4 aromatic carbocycles. The largest absolute Gasteiger partial charge is 0.454 e. The maximum atomic E-state index is 14.0. The lowest BCUT2D eigenvalue weighted by molar-refractivity contribution is -0.384. The number of hydrogen-bond acceptors (Lipinski definition) is 12. The van der Waals surface area contributed by atoms with Gasteiger partial charge in [0.05, 0.1) is 28.1 Å². The number of nitrogens with zero attached hydrogens (tertiary/aromatic N) is 5. The Labute approximate surface area is 379 Å². The Morgan fingerprint density at radius 1 is 1.00 bits per heavy atom. The fourth-order valence-corrected chi connectivity index (χ4v) is 10.4. The van der Waals surface area contributed by atoms with Gasteiger partial charge in [-0.2, -0.15) is 0 Å². The number of halogens is 1. The van der Waals surface area contributed by atoms with Crippen molar-refractivity contribution in [3.05, 3.63) is 116 Å². The van der Waals surface area contributed by atoms with Crippen molar-refractivity contribution in [2.45, 2.75) is 69.4 Å². The van der Waals surface area contributed by atoms with Crippen LogP contribution in [0.5, 0.6) is 11.5 Å². The van der Waals surface area contributed by atoms with Crippen molar-refractivity contribution in [3.8, 4) is 11.5 Å². The first kappa shape index (κ1) is 43.9. The zero-order chi connectivity index (χ0) is 44.6. The predicted octanol–water partition coefficient (Wildman–Crippen LogP) is 8.48.